The zero-order valence-electron chi connectivity index (χ0n) is 13.9. The van der Waals surface area contributed by atoms with Gasteiger partial charge in [-0.3, -0.25) is 0 Å². The fraction of sp³-hybridized carbons (Fsp3) is 0.824. The first-order chi connectivity index (χ1) is 9.25. The third kappa shape index (κ3) is 3.09. The second-order valence-corrected chi connectivity index (χ2v) is 8.56. The lowest BCUT2D eigenvalue weighted by molar-refractivity contribution is 0.141. The van der Waals surface area contributed by atoms with E-state index in [2.05, 4.69) is 52.2 Å². The zero-order chi connectivity index (χ0) is 15.0. The fourth-order valence-electron chi connectivity index (χ4n) is 3.28. The average Bonchev–Trinajstić information content (AvgIpc) is 2.81. The summed E-state index contributed by atoms with van der Waals surface area (Å²) in [7, 11) is 0. The summed E-state index contributed by atoms with van der Waals surface area (Å²) >= 11 is 1.85. The first-order valence-corrected chi connectivity index (χ1v) is 8.88. The third-order valence-electron chi connectivity index (χ3n) is 4.50. The highest BCUT2D eigenvalue weighted by Crippen LogP contribution is 2.43. The van der Waals surface area contributed by atoms with Crippen LogP contribution in [0.1, 0.15) is 77.9 Å². The van der Waals surface area contributed by atoms with Crippen molar-refractivity contribution in [1.29, 1.82) is 0 Å². The molecule has 0 aliphatic heterocycles. The van der Waals surface area contributed by atoms with Gasteiger partial charge in [-0.25, -0.2) is 4.98 Å². The normalized spacial score (nSPS) is 28.1. The molecule has 2 nitrogen and oxygen atoms in total. The van der Waals surface area contributed by atoms with E-state index in [4.69, 9.17) is 4.98 Å². The maximum absolute atomic E-state index is 5.04. The van der Waals surface area contributed by atoms with Crippen molar-refractivity contribution < 1.29 is 0 Å². The molecule has 1 N–H and O–H groups in total. The molecule has 2 rings (SSSR count). The molecule has 0 aromatic carbocycles. The Labute approximate surface area is 128 Å². The smallest absolute Gasteiger partial charge is 0.113 e. The number of aromatic nitrogens is 1. The van der Waals surface area contributed by atoms with E-state index in [0.29, 0.717) is 12.0 Å². The molecule has 2 atom stereocenters. The minimum Gasteiger partial charge on any atom is -0.303 e. The SMILES string of the molecule is CC(C)NC1(c2nc(C(C)(C)C)cs2)CCCCC1C. The number of hydrogen-bond donors (Lipinski definition) is 1. The number of hydrogen-bond acceptors (Lipinski definition) is 3. The third-order valence-corrected chi connectivity index (χ3v) is 5.52. The van der Waals surface area contributed by atoms with Crippen LogP contribution in [0.25, 0.3) is 0 Å². The van der Waals surface area contributed by atoms with Crippen LogP contribution in [0, 0.1) is 5.92 Å². The van der Waals surface area contributed by atoms with E-state index in [9.17, 15) is 0 Å². The van der Waals surface area contributed by atoms with Gasteiger partial charge in [0.05, 0.1) is 11.2 Å². The Balaban J connectivity index is 2.38. The van der Waals surface area contributed by atoms with Crippen molar-refractivity contribution in [2.45, 2.75) is 84.2 Å². The monoisotopic (exact) mass is 294 g/mol. The van der Waals surface area contributed by atoms with Crippen LogP contribution in [0.4, 0.5) is 0 Å². The topological polar surface area (TPSA) is 24.9 Å². The number of thiazole rings is 1. The molecule has 114 valence electrons. The van der Waals surface area contributed by atoms with Gasteiger partial charge in [-0.15, -0.1) is 11.3 Å². The van der Waals surface area contributed by atoms with Gasteiger partial charge in [0, 0.05) is 16.8 Å². The Kier molecular flexibility index (Phi) is 4.60. The zero-order valence-corrected chi connectivity index (χ0v) is 14.7. The molecule has 1 aliphatic carbocycles. The summed E-state index contributed by atoms with van der Waals surface area (Å²) in [5.74, 6) is 0.664. The predicted molar refractivity (Wildman–Crippen MR) is 88.4 cm³/mol. The molecule has 0 bridgehead atoms. The van der Waals surface area contributed by atoms with Crippen molar-refractivity contribution in [1.82, 2.24) is 10.3 Å². The Morgan fingerprint density at radius 3 is 2.55 bits per heavy atom. The predicted octanol–water partition coefficient (Wildman–Crippen LogP) is 4.84. The quantitative estimate of drug-likeness (QED) is 0.862. The van der Waals surface area contributed by atoms with Gasteiger partial charge < -0.3 is 5.32 Å². The van der Waals surface area contributed by atoms with Crippen LogP contribution in [-0.4, -0.2) is 11.0 Å². The van der Waals surface area contributed by atoms with E-state index in [1.165, 1.54) is 36.4 Å². The second kappa shape index (κ2) is 5.76. The Hall–Kier alpha value is -0.410. The fourth-order valence-corrected chi connectivity index (χ4v) is 4.63. The molecule has 1 aromatic heterocycles. The van der Waals surface area contributed by atoms with Crippen LogP contribution in [0.2, 0.25) is 0 Å². The van der Waals surface area contributed by atoms with Crippen molar-refractivity contribution >= 4 is 11.3 Å². The summed E-state index contributed by atoms with van der Waals surface area (Å²) in [5.41, 5.74) is 1.48. The van der Waals surface area contributed by atoms with Crippen molar-refractivity contribution in [2.75, 3.05) is 0 Å². The highest BCUT2D eigenvalue weighted by molar-refractivity contribution is 7.09. The van der Waals surface area contributed by atoms with Gasteiger partial charge in [-0.05, 0) is 32.6 Å². The first-order valence-electron chi connectivity index (χ1n) is 8.00. The van der Waals surface area contributed by atoms with Gasteiger partial charge in [0.15, 0.2) is 0 Å². The second-order valence-electron chi connectivity index (χ2n) is 7.71. The van der Waals surface area contributed by atoms with E-state index in [1.807, 2.05) is 11.3 Å². The Morgan fingerprint density at radius 2 is 2.05 bits per heavy atom. The number of nitrogens with one attached hydrogen (secondary N) is 1. The van der Waals surface area contributed by atoms with Gasteiger partial charge in [0.2, 0.25) is 0 Å². The van der Waals surface area contributed by atoms with E-state index in [0.717, 1.165) is 0 Å². The van der Waals surface area contributed by atoms with E-state index in [-0.39, 0.29) is 11.0 Å². The van der Waals surface area contributed by atoms with Crippen molar-refractivity contribution in [3.05, 3.63) is 16.1 Å². The maximum atomic E-state index is 5.04. The molecule has 0 spiro atoms. The summed E-state index contributed by atoms with van der Waals surface area (Å²) in [4.78, 5) is 5.04. The molecule has 1 saturated carbocycles. The summed E-state index contributed by atoms with van der Waals surface area (Å²) in [6.07, 6.45) is 5.21. The van der Waals surface area contributed by atoms with E-state index >= 15 is 0 Å². The van der Waals surface area contributed by atoms with Crippen LogP contribution in [0.3, 0.4) is 0 Å². The molecule has 1 aliphatic rings. The van der Waals surface area contributed by atoms with Crippen molar-refractivity contribution in [3.8, 4) is 0 Å². The average molecular weight is 295 g/mol. The maximum Gasteiger partial charge on any atom is 0.113 e. The van der Waals surface area contributed by atoms with Crippen LogP contribution >= 0.6 is 11.3 Å². The molecule has 3 heteroatoms. The first kappa shape index (κ1) is 16.0. The molecule has 0 amide bonds. The van der Waals surface area contributed by atoms with E-state index < -0.39 is 0 Å². The van der Waals surface area contributed by atoms with Crippen LogP contribution in [-0.2, 0) is 11.0 Å². The summed E-state index contributed by atoms with van der Waals surface area (Å²) < 4.78 is 0. The molecule has 0 saturated heterocycles. The lowest BCUT2D eigenvalue weighted by atomic mass is 9.73. The minimum absolute atomic E-state index is 0.0978. The standard InChI is InChI=1S/C17H30N2S/c1-12(2)19-17(10-8-7-9-13(17)3)15-18-14(11-20-15)16(4,5)6/h11-13,19H,7-10H2,1-6H3. The van der Waals surface area contributed by atoms with E-state index in [1.54, 1.807) is 0 Å². The highest BCUT2D eigenvalue weighted by Gasteiger charge is 2.42. The molecular weight excluding hydrogens is 264 g/mol. The molecule has 2 unspecified atom stereocenters. The molecule has 0 radical (unpaired) electrons. The molecule has 1 aromatic rings. The van der Waals surface area contributed by atoms with Crippen molar-refractivity contribution in [3.63, 3.8) is 0 Å². The van der Waals surface area contributed by atoms with Gasteiger partial charge in [0.25, 0.3) is 0 Å². The van der Waals surface area contributed by atoms with Crippen LogP contribution in [0.15, 0.2) is 5.38 Å². The number of rotatable bonds is 3. The Bertz CT molecular complexity index is 444. The molecule has 1 heterocycles. The van der Waals surface area contributed by atoms with Crippen LogP contribution < -0.4 is 5.32 Å². The largest absolute Gasteiger partial charge is 0.303 e. The summed E-state index contributed by atoms with van der Waals surface area (Å²) in [5, 5.41) is 7.45. The minimum atomic E-state index is 0.0978. The van der Waals surface area contributed by atoms with Gasteiger partial charge in [0.1, 0.15) is 5.01 Å². The molecule has 1 fully saturated rings. The Morgan fingerprint density at radius 1 is 1.35 bits per heavy atom. The highest BCUT2D eigenvalue weighted by atomic mass is 32.1. The van der Waals surface area contributed by atoms with Gasteiger partial charge in [-0.2, -0.15) is 0 Å². The van der Waals surface area contributed by atoms with Gasteiger partial charge >= 0.3 is 0 Å². The molecular formula is C17H30N2S. The summed E-state index contributed by atoms with van der Waals surface area (Å²) in [6.45, 7) is 13.6. The van der Waals surface area contributed by atoms with Crippen molar-refractivity contribution in [2.24, 2.45) is 5.92 Å². The summed E-state index contributed by atoms with van der Waals surface area (Å²) in [6, 6.07) is 0.498. The number of nitrogens with zero attached hydrogens (tertiary/aromatic N) is 1. The van der Waals surface area contributed by atoms with Crippen LogP contribution in [0.5, 0.6) is 0 Å². The molecule has 20 heavy (non-hydrogen) atoms. The van der Waals surface area contributed by atoms with Gasteiger partial charge in [-0.1, -0.05) is 40.5 Å². The lowest BCUT2D eigenvalue weighted by Gasteiger charge is -2.43. The lowest BCUT2D eigenvalue weighted by Crippen LogP contribution is -2.52.